The second-order valence-corrected chi connectivity index (χ2v) is 5.41. The van der Waals surface area contributed by atoms with Crippen LogP contribution in [-0.2, 0) is 4.79 Å². The van der Waals surface area contributed by atoms with Crippen molar-refractivity contribution in [1.82, 2.24) is 5.32 Å². The Labute approximate surface area is 125 Å². The van der Waals surface area contributed by atoms with Crippen LogP contribution in [0.4, 0.5) is 0 Å². The van der Waals surface area contributed by atoms with Gasteiger partial charge in [0.25, 0.3) is 5.91 Å². The smallest absolute Gasteiger partial charge is 0.257 e. The van der Waals surface area contributed by atoms with Crippen LogP contribution in [-0.4, -0.2) is 30.8 Å². The number of hydrogen-bond acceptors (Lipinski definition) is 3. The molecule has 0 fully saturated rings. The van der Waals surface area contributed by atoms with Crippen molar-refractivity contribution in [3.05, 3.63) is 28.8 Å². The van der Waals surface area contributed by atoms with Crippen LogP contribution in [0.1, 0.15) is 25.3 Å². The first-order valence-corrected chi connectivity index (χ1v) is 7.17. The lowest BCUT2D eigenvalue weighted by Gasteiger charge is -2.10. The van der Waals surface area contributed by atoms with E-state index in [4.69, 9.17) is 21.4 Å². The summed E-state index contributed by atoms with van der Waals surface area (Å²) in [6, 6.07) is 5.29. The molecule has 0 aromatic heterocycles. The first-order chi connectivity index (χ1) is 9.52. The summed E-state index contributed by atoms with van der Waals surface area (Å²) < 4.78 is 5.44. The fourth-order valence-electron chi connectivity index (χ4n) is 1.74. The topological polar surface area (TPSA) is 58.6 Å². The number of amides is 1. The molecule has 4 nitrogen and oxygen atoms in total. The van der Waals surface area contributed by atoms with Gasteiger partial charge in [-0.2, -0.15) is 0 Å². The Morgan fingerprint density at radius 2 is 2.25 bits per heavy atom. The fourth-order valence-corrected chi connectivity index (χ4v) is 1.97. The second kappa shape index (κ2) is 8.82. The van der Waals surface area contributed by atoms with E-state index in [1.165, 1.54) is 0 Å². The third-order valence-corrected chi connectivity index (χ3v) is 3.24. The Morgan fingerprint density at radius 1 is 1.50 bits per heavy atom. The number of halogens is 1. The van der Waals surface area contributed by atoms with E-state index >= 15 is 0 Å². The van der Waals surface area contributed by atoms with Crippen LogP contribution in [0, 0.1) is 12.8 Å². The molecule has 0 aliphatic rings. The van der Waals surface area contributed by atoms with E-state index in [9.17, 15) is 4.79 Å². The molecule has 1 rings (SSSR count). The van der Waals surface area contributed by atoms with Gasteiger partial charge >= 0.3 is 0 Å². The average Bonchev–Trinajstić information content (AvgIpc) is 2.42. The second-order valence-electron chi connectivity index (χ2n) is 4.98. The van der Waals surface area contributed by atoms with E-state index in [0.717, 1.165) is 18.4 Å². The van der Waals surface area contributed by atoms with E-state index in [-0.39, 0.29) is 25.0 Å². The Kier molecular flexibility index (Phi) is 7.41. The average molecular weight is 300 g/mol. The maximum atomic E-state index is 11.6. The summed E-state index contributed by atoms with van der Waals surface area (Å²) in [7, 11) is 0. The van der Waals surface area contributed by atoms with Crippen molar-refractivity contribution in [1.29, 1.82) is 0 Å². The van der Waals surface area contributed by atoms with Crippen molar-refractivity contribution in [2.45, 2.75) is 26.7 Å². The monoisotopic (exact) mass is 299 g/mol. The van der Waals surface area contributed by atoms with Gasteiger partial charge in [-0.25, -0.2) is 0 Å². The number of nitrogens with one attached hydrogen (secondary N) is 1. The Bertz CT molecular complexity index is 437. The standard InChI is InChI=1S/C15H22ClNO3/c1-11(9-18)4-3-7-17-15(19)10-20-14-6-5-13(16)8-12(14)2/h5-6,8,11,18H,3-4,7,9-10H2,1-2H3,(H,17,19). The van der Waals surface area contributed by atoms with Crippen molar-refractivity contribution >= 4 is 17.5 Å². The van der Waals surface area contributed by atoms with Crippen LogP contribution in [0.15, 0.2) is 18.2 Å². The lowest BCUT2D eigenvalue weighted by molar-refractivity contribution is -0.123. The molecule has 1 unspecified atom stereocenters. The predicted molar refractivity (Wildman–Crippen MR) is 80.2 cm³/mol. The zero-order valence-electron chi connectivity index (χ0n) is 12.0. The van der Waals surface area contributed by atoms with Gasteiger partial charge in [0.15, 0.2) is 6.61 Å². The van der Waals surface area contributed by atoms with Crippen LogP contribution in [0.5, 0.6) is 5.75 Å². The molecule has 1 aromatic rings. The molecule has 0 aliphatic carbocycles. The number of hydrogen-bond donors (Lipinski definition) is 2. The maximum Gasteiger partial charge on any atom is 0.257 e. The van der Waals surface area contributed by atoms with E-state index in [1.54, 1.807) is 18.2 Å². The van der Waals surface area contributed by atoms with Crippen molar-refractivity contribution in [2.75, 3.05) is 19.8 Å². The molecule has 112 valence electrons. The molecule has 0 saturated heterocycles. The summed E-state index contributed by atoms with van der Waals surface area (Å²) in [5.41, 5.74) is 0.905. The number of rotatable bonds is 8. The molecule has 5 heteroatoms. The summed E-state index contributed by atoms with van der Waals surface area (Å²) in [5.74, 6) is 0.800. The first kappa shape index (κ1) is 16.8. The summed E-state index contributed by atoms with van der Waals surface area (Å²) in [4.78, 5) is 11.6. The van der Waals surface area contributed by atoms with Crippen molar-refractivity contribution in [2.24, 2.45) is 5.92 Å². The Hall–Kier alpha value is -1.26. The highest BCUT2D eigenvalue weighted by Gasteiger charge is 2.05. The molecule has 2 N–H and O–H groups in total. The maximum absolute atomic E-state index is 11.6. The number of ether oxygens (including phenoxy) is 1. The molecule has 0 saturated carbocycles. The fraction of sp³-hybridized carbons (Fsp3) is 0.533. The summed E-state index contributed by atoms with van der Waals surface area (Å²) in [5, 5.41) is 12.3. The normalized spacial score (nSPS) is 12.0. The van der Waals surface area contributed by atoms with Gasteiger partial charge in [-0.05, 0) is 49.4 Å². The van der Waals surface area contributed by atoms with E-state index in [0.29, 0.717) is 17.3 Å². The molecule has 1 amide bonds. The number of carbonyl (C=O) groups is 1. The molecule has 20 heavy (non-hydrogen) atoms. The van der Waals surface area contributed by atoms with Gasteiger partial charge in [0.05, 0.1) is 0 Å². The van der Waals surface area contributed by atoms with Crippen LogP contribution in [0.3, 0.4) is 0 Å². The van der Waals surface area contributed by atoms with Gasteiger partial charge in [-0.3, -0.25) is 4.79 Å². The highest BCUT2D eigenvalue weighted by Crippen LogP contribution is 2.21. The van der Waals surface area contributed by atoms with E-state index < -0.39 is 0 Å². The quantitative estimate of drug-likeness (QED) is 0.725. The Balaban J connectivity index is 2.23. The van der Waals surface area contributed by atoms with Crippen molar-refractivity contribution < 1.29 is 14.6 Å². The number of benzene rings is 1. The lowest BCUT2D eigenvalue weighted by Crippen LogP contribution is -2.30. The molecular formula is C15H22ClNO3. The van der Waals surface area contributed by atoms with Crippen LogP contribution >= 0.6 is 11.6 Å². The number of aliphatic hydroxyl groups excluding tert-OH is 1. The zero-order chi connectivity index (χ0) is 15.0. The van der Waals surface area contributed by atoms with Gasteiger partial charge in [0.1, 0.15) is 5.75 Å². The van der Waals surface area contributed by atoms with Crippen LogP contribution in [0.2, 0.25) is 5.02 Å². The van der Waals surface area contributed by atoms with Crippen LogP contribution in [0.25, 0.3) is 0 Å². The highest BCUT2D eigenvalue weighted by atomic mass is 35.5. The largest absolute Gasteiger partial charge is 0.484 e. The summed E-state index contributed by atoms with van der Waals surface area (Å²) in [6.07, 6.45) is 1.75. The highest BCUT2D eigenvalue weighted by molar-refractivity contribution is 6.30. The minimum atomic E-state index is -0.143. The SMILES string of the molecule is Cc1cc(Cl)ccc1OCC(=O)NCCCC(C)CO. The molecule has 0 heterocycles. The molecular weight excluding hydrogens is 278 g/mol. The summed E-state index contributed by atoms with van der Waals surface area (Å²) >= 11 is 5.85. The Morgan fingerprint density at radius 3 is 2.90 bits per heavy atom. The number of aryl methyl sites for hydroxylation is 1. The molecule has 0 aliphatic heterocycles. The summed E-state index contributed by atoms with van der Waals surface area (Å²) in [6.45, 7) is 4.65. The third kappa shape index (κ3) is 6.26. The molecule has 1 atom stereocenters. The van der Waals surface area contributed by atoms with E-state index in [2.05, 4.69) is 5.32 Å². The van der Waals surface area contributed by atoms with Gasteiger partial charge in [0.2, 0.25) is 0 Å². The zero-order valence-corrected chi connectivity index (χ0v) is 12.7. The molecule has 0 bridgehead atoms. The predicted octanol–water partition coefficient (Wildman–Crippen LogP) is 2.55. The van der Waals surface area contributed by atoms with Gasteiger partial charge in [0, 0.05) is 18.2 Å². The number of carbonyl (C=O) groups excluding carboxylic acids is 1. The van der Waals surface area contributed by atoms with Gasteiger partial charge in [-0.1, -0.05) is 18.5 Å². The molecule has 0 radical (unpaired) electrons. The lowest BCUT2D eigenvalue weighted by atomic mass is 10.1. The minimum absolute atomic E-state index is 0.00196. The van der Waals surface area contributed by atoms with Gasteiger partial charge < -0.3 is 15.2 Å². The minimum Gasteiger partial charge on any atom is -0.484 e. The van der Waals surface area contributed by atoms with Gasteiger partial charge in [-0.15, -0.1) is 0 Å². The first-order valence-electron chi connectivity index (χ1n) is 6.79. The van der Waals surface area contributed by atoms with Crippen molar-refractivity contribution in [3.8, 4) is 5.75 Å². The third-order valence-electron chi connectivity index (χ3n) is 3.00. The molecule has 0 spiro atoms. The molecule has 1 aromatic carbocycles. The van der Waals surface area contributed by atoms with Crippen molar-refractivity contribution in [3.63, 3.8) is 0 Å². The van der Waals surface area contributed by atoms with Crippen LogP contribution < -0.4 is 10.1 Å². The van der Waals surface area contributed by atoms with E-state index in [1.807, 2.05) is 13.8 Å². The number of aliphatic hydroxyl groups is 1.